The molecule has 1 aliphatic carbocycles. The van der Waals surface area contributed by atoms with Crippen LogP contribution in [0.2, 0.25) is 10.0 Å². The van der Waals surface area contributed by atoms with E-state index in [9.17, 15) is 13.9 Å². The molecule has 1 heterocycles. The van der Waals surface area contributed by atoms with Crippen LogP contribution in [0.25, 0.3) is 11.1 Å². The number of likely N-dealkylation sites (tertiary alicyclic amines) is 1. The minimum Gasteiger partial charge on any atom is -0.508 e. The van der Waals surface area contributed by atoms with Crippen LogP contribution in [0.3, 0.4) is 0 Å². The molecule has 5 rings (SSSR count). The molecule has 194 valence electrons. The Morgan fingerprint density at radius 1 is 0.946 bits per heavy atom. The summed E-state index contributed by atoms with van der Waals surface area (Å²) in [6.07, 6.45) is 2.42. The van der Waals surface area contributed by atoms with Crippen LogP contribution in [-0.2, 0) is 12.8 Å². The van der Waals surface area contributed by atoms with Crippen molar-refractivity contribution in [3.8, 4) is 5.75 Å². The minimum absolute atomic E-state index is 0.0459. The average Bonchev–Trinajstić information content (AvgIpc) is 3.23. The van der Waals surface area contributed by atoms with E-state index in [1.54, 1.807) is 12.1 Å². The van der Waals surface area contributed by atoms with Crippen molar-refractivity contribution in [1.82, 2.24) is 4.90 Å². The molecule has 0 radical (unpaired) electrons. The smallest absolute Gasteiger partial charge is 0.239 e. The normalized spacial score (nSPS) is 18.4. The van der Waals surface area contributed by atoms with Crippen molar-refractivity contribution >= 4 is 34.3 Å². The van der Waals surface area contributed by atoms with Gasteiger partial charge in [-0.05, 0) is 108 Å². The van der Waals surface area contributed by atoms with Gasteiger partial charge in [-0.2, -0.15) is 0 Å². The fourth-order valence-electron chi connectivity index (χ4n) is 5.81. The van der Waals surface area contributed by atoms with Crippen molar-refractivity contribution < 1.29 is 13.9 Å². The van der Waals surface area contributed by atoms with Crippen molar-refractivity contribution in [2.24, 2.45) is 5.92 Å². The lowest BCUT2D eigenvalue weighted by molar-refractivity contribution is 0.120. The number of allylic oxidation sites excluding steroid dienone is 1. The van der Waals surface area contributed by atoms with Crippen LogP contribution in [0.4, 0.5) is 8.78 Å². The van der Waals surface area contributed by atoms with Crippen LogP contribution in [-0.4, -0.2) is 36.1 Å². The SMILES string of the molecule is Oc1ccc2c(c1)CCCC(c1ccc(Cl)cc1Cl)=C2c1ccc(CC2CCN(CCC(F)F)C2)cc1. The van der Waals surface area contributed by atoms with E-state index in [4.69, 9.17) is 23.2 Å². The van der Waals surface area contributed by atoms with Crippen molar-refractivity contribution in [2.75, 3.05) is 19.6 Å². The molecule has 6 heteroatoms. The van der Waals surface area contributed by atoms with Crippen molar-refractivity contribution in [3.05, 3.63) is 98.5 Å². The first-order chi connectivity index (χ1) is 17.9. The van der Waals surface area contributed by atoms with Gasteiger partial charge in [0, 0.05) is 29.6 Å². The molecule has 3 aromatic rings. The van der Waals surface area contributed by atoms with Crippen LogP contribution in [0.1, 0.15) is 53.5 Å². The molecule has 1 fully saturated rings. The zero-order chi connectivity index (χ0) is 25.9. The van der Waals surface area contributed by atoms with E-state index >= 15 is 0 Å². The number of hydrogen-bond acceptors (Lipinski definition) is 2. The zero-order valence-corrected chi connectivity index (χ0v) is 22.2. The number of hydrogen-bond donors (Lipinski definition) is 1. The molecule has 3 aromatic carbocycles. The number of fused-ring (bicyclic) bond motifs is 1. The number of nitrogens with zero attached hydrogens (tertiary/aromatic N) is 1. The van der Waals surface area contributed by atoms with Gasteiger partial charge in [-0.3, -0.25) is 0 Å². The third kappa shape index (κ3) is 6.19. The highest BCUT2D eigenvalue weighted by Crippen LogP contribution is 2.43. The molecule has 0 spiro atoms. The number of phenols is 1. The highest BCUT2D eigenvalue weighted by Gasteiger charge is 2.24. The number of phenolic OH excluding ortho intramolecular Hbond substituents is 1. The van der Waals surface area contributed by atoms with Crippen LogP contribution in [0.5, 0.6) is 5.75 Å². The van der Waals surface area contributed by atoms with Gasteiger partial charge in [0.25, 0.3) is 0 Å². The number of benzene rings is 3. The van der Waals surface area contributed by atoms with Gasteiger partial charge in [-0.1, -0.05) is 59.6 Å². The molecular weight excluding hydrogens is 511 g/mol. The monoisotopic (exact) mass is 541 g/mol. The van der Waals surface area contributed by atoms with Crippen LogP contribution < -0.4 is 0 Å². The van der Waals surface area contributed by atoms with Gasteiger partial charge in [0.15, 0.2) is 0 Å². The summed E-state index contributed by atoms with van der Waals surface area (Å²) < 4.78 is 25.2. The van der Waals surface area contributed by atoms with Crippen molar-refractivity contribution in [2.45, 2.75) is 45.0 Å². The lowest BCUT2D eigenvalue weighted by Crippen LogP contribution is -2.23. The minimum atomic E-state index is -2.23. The van der Waals surface area contributed by atoms with Gasteiger partial charge in [0.2, 0.25) is 6.43 Å². The second-order valence-electron chi connectivity index (χ2n) is 10.2. The summed E-state index contributed by atoms with van der Waals surface area (Å²) in [5.74, 6) is 0.772. The summed E-state index contributed by atoms with van der Waals surface area (Å²) in [5, 5.41) is 11.4. The average molecular weight is 542 g/mol. The second-order valence-corrected chi connectivity index (χ2v) is 11.1. The Kier molecular flexibility index (Phi) is 8.18. The van der Waals surface area contributed by atoms with E-state index in [2.05, 4.69) is 29.2 Å². The van der Waals surface area contributed by atoms with E-state index in [1.807, 2.05) is 24.3 Å². The molecule has 0 aromatic heterocycles. The third-order valence-corrected chi connectivity index (χ3v) is 8.14. The molecule has 37 heavy (non-hydrogen) atoms. The summed E-state index contributed by atoms with van der Waals surface area (Å²) in [6, 6.07) is 20.0. The highest BCUT2D eigenvalue weighted by molar-refractivity contribution is 6.36. The van der Waals surface area contributed by atoms with Gasteiger partial charge < -0.3 is 10.0 Å². The summed E-state index contributed by atoms with van der Waals surface area (Å²) in [6.45, 7) is 2.26. The first-order valence-corrected chi connectivity index (χ1v) is 13.7. The molecule has 1 N–H and O–H groups in total. The number of halogens is 4. The van der Waals surface area contributed by atoms with Gasteiger partial charge in [0.1, 0.15) is 5.75 Å². The number of rotatable bonds is 7. The Hall–Kier alpha value is -2.40. The maximum Gasteiger partial charge on any atom is 0.239 e. The Labute approximate surface area is 227 Å². The molecule has 0 saturated carbocycles. The molecular formula is C31H31Cl2F2NO. The standard InChI is InChI=1S/C31H31Cl2F2NO/c32-24-8-10-27(29(33)18-24)28-3-1-2-23-17-25(37)9-11-26(23)31(28)22-6-4-20(5-7-22)16-21-12-14-36(19-21)15-13-30(34)35/h4-11,17-18,21,30,37H,1-3,12-16,19H2. The summed E-state index contributed by atoms with van der Waals surface area (Å²) in [5.41, 5.74) is 7.94. The maximum atomic E-state index is 12.6. The summed E-state index contributed by atoms with van der Waals surface area (Å²) >= 11 is 12.9. The zero-order valence-electron chi connectivity index (χ0n) is 20.7. The number of aryl methyl sites for hydroxylation is 1. The van der Waals surface area contributed by atoms with Crippen molar-refractivity contribution in [1.29, 1.82) is 0 Å². The molecule has 0 bridgehead atoms. The maximum absolute atomic E-state index is 12.6. The van der Waals surface area contributed by atoms with Gasteiger partial charge >= 0.3 is 0 Å². The first-order valence-electron chi connectivity index (χ1n) is 13.0. The molecule has 2 nitrogen and oxygen atoms in total. The van der Waals surface area contributed by atoms with Crippen LogP contribution in [0.15, 0.2) is 60.7 Å². The van der Waals surface area contributed by atoms with Gasteiger partial charge in [-0.25, -0.2) is 8.78 Å². The Morgan fingerprint density at radius 3 is 2.49 bits per heavy atom. The van der Waals surface area contributed by atoms with Crippen LogP contribution >= 0.6 is 23.2 Å². The number of aromatic hydroxyl groups is 1. The van der Waals surface area contributed by atoms with E-state index < -0.39 is 6.43 Å². The quantitative estimate of drug-likeness (QED) is 0.324. The molecule has 1 saturated heterocycles. The fraction of sp³-hybridized carbons (Fsp3) is 0.355. The number of alkyl halides is 2. The Morgan fingerprint density at radius 2 is 1.73 bits per heavy atom. The molecule has 1 unspecified atom stereocenters. The van der Waals surface area contributed by atoms with E-state index in [0.29, 0.717) is 22.5 Å². The van der Waals surface area contributed by atoms with Gasteiger partial charge in [0.05, 0.1) is 0 Å². The molecule has 1 atom stereocenters. The second kappa shape index (κ2) is 11.6. The van der Waals surface area contributed by atoms with Crippen molar-refractivity contribution in [3.63, 3.8) is 0 Å². The highest BCUT2D eigenvalue weighted by atomic mass is 35.5. The molecule has 1 aliphatic heterocycles. The molecule has 2 aliphatic rings. The lowest BCUT2D eigenvalue weighted by atomic mass is 9.87. The van der Waals surface area contributed by atoms with Gasteiger partial charge in [-0.15, -0.1) is 0 Å². The molecule has 0 amide bonds. The fourth-order valence-corrected chi connectivity index (χ4v) is 6.33. The Balaban J connectivity index is 1.46. The summed E-state index contributed by atoms with van der Waals surface area (Å²) in [4.78, 5) is 2.16. The summed E-state index contributed by atoms with van der Waals surface area (Å²) in [7, 11) is 0. The van der Waals surface area contributed by atoms with E-state index in [-0.39, 0.29) is 12.2 Å². The predicted octanol–water partition coefficient (Wildman–Crippen LogP) is 8.51. The first kappa shape index (κ1) is 26.2. The van der Waals surface area contributed by atoms with E-state index in [1.165, 1.54) is 11.1 Å². The third-order valence-electron chi connectivity index (χ3n) is 7.59. The lowest BCUT2D eigenvalue weighted by Gasteiger charge is -2.18. The largest absolute Gasteiger partial charge is 0.508 e. The predicted molar refractivity (Wildman–Crippen MR) is 149 cm³/mol. The van der Waals surface area contributed by atoms with E-state index in [0.717, 1.165) is 73.0 Å². The topological polar surface area (TPSA) is 23.5 Å². The Bertz CT molecular complexity index is 1290. The van der Waals surface area contributed by atoms with Crippen LogP contribution in [0, 0.1) is 5.92 Å².